The van der Waals surface area contributed by atoms with Gasteiger partial charge in [0.1, 0.15) is 65.1 Å². The molecule has 4 aromatic carbocycles. The number of nitrogens with one attached hydrogen (secondary N) is 2. The monoisotopic (exact) mass is 2060 g/mol. The molecular formula is C105H133FN2O31S2Si2. The van der Waals surface area contributed by atoms with Crippen LogP contribution in [0.25, 0.3) is 0 Å². The minimum Gasteiger partial charge on any atom is -0.457 e. The molecule has 6 aromatic rings. The summed E-state index contributed by atoms with van der Waals surface area (Å²) >= 11 is 2.46. The van der Waals surface area contributed by atoms with Crippen molar-refractivity contribution in [3.63, 3.8) is 0 Å². The fourth-order valence-corrected chi connectivity index (χ4v) is 28.4. The van der Waals surface area contributed by atoms with Crippen molar-refractivity contribution in [2.45, 2.75) is 296 Å². The second-order valence-electron chi connectivity index (χ2n) is 42.2. The van der Waals surface area contributed by atoms with Crippen LogP contribution < -0.4 is 21.0 Å². The average molecular weight is 2060 g/mol. The van der Waals surface area contributed by atoms with Gasteiger partial charge in [-0.2, -0.15) is 0 Å². The van der Waals surface area contributed by atoms with E-state index in [1.165, 1.54) is 37.3 Å². The van der Waals surface area contributed by atoms with Crippen LogP contribution in [0.2, 0.25) is 26.2 Å². The predicted octanol–water partition coefficient (Wildman–Crippen LogP) is 14.7. The Morgan fingerprint density at radius 1 is 0.490 bits per heavy atom. The molecule has 22 atom stereocenters. The summed E-state index contributed by atoms with van der Waals surface area (Å²) in [5.41, 5.74) is -16.6. The van der Waals surface area contributed by atoms with Crippen molar-refractivity contribution in [3.8, 4) is 0 Å². The number of fused-ring (bicyclic) bond motifs is 10. The van der Waals surface area contributed by atoms with Crippen LogP contribution in [0.15, 0.2) is 179 Å². The van der Waals surface area contributed by atoms with Crippen LogP contribution in [0.4, 0.5) is 23.9 Å². The first-order chi connectivity index (χ1) is 66.4. The van der Waals surface area contributed by atoms with Gasteiger partial charge in [-0.15, -0.1) is 22.7 Å². The SMILES string of the molecule is CCOC(=O)O[C@H]1C(=O)[C@@]2(C)C([C@H](OC(=O)c3ccccc3)[C@]3(O)C[C@H](OC(=O)[C@H](C)[C@@H](NC(=O)OC(C)(C)C)c4cccs4)C(C)=C1C3(C)C)[C@]1(OC(C)=O)CO[C@@H]1C[C@@H]2O[Si](C)(C)c1ccccc1.CCOC(=O)O[C@H]1C(=O)[C@@]2(C)C([C@H](OC(=O)c3ccccc3)[C@]3(O)C[C@H](OC(=O)[C@H](O)[C@@H](NC(=O)OC(C)(C)C)c4cccs4)C(C)=C1C3(C)C)[C@]1(OC(C)=O)CO[C@@H]1C[C@@H]2O[Si](C)(C)c1ccccc1.F. The topological polar surface area (TPSA) is 437 Å². The number of carbonyl (C=O) groups is 12. The third-order valence-electron chi connectivity index (χ3n) is 29.5. The molecule has 4 heterocycles. The zero-order valence-electron chi connectivity index (χ0n) is 84.9. The van der Waals surface area contributed by atoms with Gasteiger partial charge < -0.3 is 101 Å². The Morgan fingerprint density at radius 2 is 0.832 bits per heavy atom. The van der Waals surface area contributed by atoms with Crippen LogP contribution in [0.3, 0.4) is 0 Å². The number of hydrogen-bond acceptors (Lipinski definition) is 33. The smallest absolute Gasteiger partial charge is 0.457 e. The van der Waals surface area contributed by atoms with Crippen molar-refractivity contribution < 1.29 is 153 Å². The number of esters is 6. The number of aliphatic hydroxyl groups is 3. The number of halogens is 1. The number of rotatable bonds is 26. The Morgan fingerprint density at radius 3 is 1.15 bits per heavy atom. The number of aliphatic hydroxyl groups excluding tert-OH is 1. The molecule has 14 rings (SSSR count). The Labute approximate surface area is 841 Å². The van der Waals surface area contributed by atoms with E-state index in [1.54, 1.807) is 201 Å². The van der Waals surface area contributed by atoms with Crippen LogP contribution in [-0.4, -0.2) is 231 Å². The molecule has 2 aliphatic heterocycles. The lowest BCUT2D eigenvalue weighted by molar-refractivity contribution is -0.344. The van der Waals surface area contributed by atoms with Gasteiger partial charge in [-0.05, 0) is 196 Å². The van der Waals surface area contributed by atoms with E-state index in [-0.39, 0.29) is 77.4 Å². The first-order valence-corrected chi connectivity index (χ1v) is 55.4. The second kappa shape index (κ2) is 42.3. The van der Waals surface area contributed by atoms with Crippen molar-refractivity contribution in [2.75, 3.05) is 26.4 Å². The third kappa shape index (κ3) is 21.5. The number of ketones is 2. The van der Waals surface area contributed by atoms with Crippen molar-refractivity contribution in [2.24, 2.45) is 39.4 Å². The molecule has 6 aliphatic carbocycles. The summed E-state index contributed by atoms with van der Waals surface area (Å²) in [6, 6.07) is 39.6. The lowest BCUT2D eigenvalue weighted by atomic mass is 9.44. The summed E-state index contributed by atoms with van der Waals surface area (Å²) < 4.78 is 99.7. The van der Waals surface area contributed by atoms with E-state index in [4.69, 9.17) is 75.2 Å². The van der Waals surface area contributed by atoms with E-state index in [9.17, 15) is 63.3 Å². The van der Waals surface area contributed by atoms with Crippen LogP contribution in [0.5, 0.6) is 0 Å². The molecule has 2 unspecified atom stereocenters. The van der Waals surface area contributed by atoms with Gasteiger partial charge in [-0.25, -0.2) is 33.6 Å². The average Bonchev–Trinajstić information content (AvgIpc) is 0.807. The molecule has 2 saturated heterocycles. The lowest BCUT2D eigenvalue weighted by Crippen LogP contribution is -2.82. The molecule has 33 nitrogen and oxygen atoms in total. The predicted molar refractivity (Wildman–Crippen MR) is 525 cm³/mol. The highest BCUT2D eigenvalue weighted by Crippen LogP contribution is 2.68. The highest BCUT2D eigenvalue weighted by atomic mass is 32.1. The van der Waals surface area contributed by atoms with Gasteiger partial charge in [0.2, 0.25) is 16.6 Å². The Bertz CT molecular complexity index is 5410. The molecule has 2 amide bonds. The zero-order chi connectivity index (χ0) is 104. The largest absolute Gasteiger partial charge is 0.509 e. The molecule has 143 heavy (non-hydrogen) atoms. The molecule has 776 valence electrons. The summed E-state index contributed by atoms with van der Waals surface area (Å²) in [7, 11) is -6.04. The summed E-state index contributed by atoms with van der Waals surface area (Å²) in [5, 5.41) is 50.9. The van der Waals surface area contributed by atoms with Gasteiger partial charge >= 0.3 is 60.3 Å². The molecule has 0 spiro atoms. The van der Waals surface area contributed by atoms with Crippen LogP contribution in [-0.2, 0) is 104 Å². The molecule has 8 aliphatic rings. The summed E-state index contributed by atoms with van der Waals surface area (Å²) in [5.74, 6) is -10.9. The number of Topliss-reactive ketones (excluding diaryl/α,β-unsaturated/α-hetero) is 2. The van der Waals surface area contributed by atoms with E-state index in [1.807, 2.05) is 86.9 Å². The van der Waals surface area contributed by atoms with Crippen LogP contribution in [0, 0.1) is 39.4 Å². The molecule has 2 aromatic heterocycles. The Kier molecular flexibility index (Phi) is 32.8. The summed E-state index contributed by atoms with van der Waals surface area (Å²) in [6.07, 6.45) is -21.5. The van der Waals surface area contributed by atoms with Gasteiger partial charge in [-0.1, -0.05) is 137 Å². The summed E-state index contributed by atoms with van der Waals surface area (Å²) in [6.45, 7) is 37.2. The maximum atomic E-state index is 16.5. The molecule has 5 N–H and O–H groups in total. The molecular weight excluding hydrogens is 1920 g/mol. The molecule has 0 radical (unpaired) electrons. The fraction of sp³-hybridized carbons (Fsp3) is 0.543. The Hall–Kier alpha value is -10.9. The molecule has 38 heteroatoms. The van der Waals surface area contributed by atoms with Crippen molar-refractivity contribution in [3.05, 3.63) is 200 Å². The zero-order valence-corrected chi connectivity index (χ0v) is 88.5. The Balaban J connectivity index is 0.000000253. The van der Waals surface area contributed by atoms with E-state index in [2.05, 4.69) is 10.6 Å². The number of amides is 2. The van der Waals surface area contributed by atoms with Crippen molar-refractivity contribution in [1.29, 1.82) is 0 Å². The first-order valence-electron chi connectivity index (χ1n) is 47.8. The van der Waals surface area contributed by atoms with Gasteiger partial charge in [-0.3, -0.25) is 28.7 Å². The molecule has 4 bridgehead atoms. The number of ether oxygens (including phenoxy) is 14. The quantitative estimate of drug-likeness (QED) is 0.0146. The maximum Gasteiger partial charge on any atom is 0.509 e. The number of alkyl carbamates (subject to hydrolysis) is 2. The lowest BCUT2D eigenvalue weighted by Gasteiger charge is -2.68. The number of carbonyl (C=O) groups excluding carboxylic acids is 12. The number of benzene rings is 4. The molecule has 6 fully saturated rings. The number of hydrogen-bond donors (Lipinski definition) is 5. The van der Waals surface area contributed by atoms with Crippen molar-refractivity contribution in [1.82, 2.24) is 10.6 Å². The van der Waals surface area contributed by atoms with E-state index in [0.717, 1.165) is 21.7 Å². The van der Waals surface area contributed by atoms with Crippen LogP contribution >= 0.6 is 22.7 Å². The van der Waals surface area contributed by atoms with Gasteiger partial charge in [0, 0.05) is 60.1 Å². The number of thiophene rings is 2. The van der Waals surface area contributed by atoms with Gasteiger partial charge in [0.05, 0.1) is 84.4 Å². The van der Waals surface area contributed by atoms with E-state index in [0.29, 0.717) is 9.75 Å². The maximum absolute atomic E-state index is 16.5. The minimum atomic E-state index is -3.03. The summed E-state index contributed by atoms with van der Waals surface area (Å²) in [4.78, 5) is 174. The molecule has 4 saturated carbocycles. The third-order valence-corrected chi connectivity index (χ3v) is 36.6. The van der Waals surface area contributed by atoms with E-state index >= 15 is 9.59 Å². The van der Waals surface area contributed by atoms with Crippen LogP contribution in [0.1, 0.15) is 200 Å². The van der Waals surface area contributed by atoms with E-state index < -0.39 is 254 Å². The van der Waals surface area contributed by atoms with Gasteiger partial charge in [0.25, 0.3) is 0 Å². The minimum absolute atomic E-state index is 0. The standard InChI is InChI=1S/C53H67NO15SSi.C52H65NO16SSi.FH/c1-13-62-48(60)65-41-39-30(2)35(64-45(57)31(3)40(36-25-20-26-70-36)54-47(59)68-49(5,6)7)28-53(61,50(39,8)9)44(66-46(58)33-21-16-14-17-22-33)42-51(10,43(41)56)37(27-38-52(42,29-63-38)67-32(4)55)69-71(11,12)34-23-18-15-19-24-34;1-12-62-47(60)65-40-37-29(2)33(64-45(58)39(55)38(34-24-19-25-70-34)53-46(59)68-48(4,5)6)27-52(61,49(37,7)8)43(66-44(57)31-20-15-13-16-21-31)41-50(9,42(40)56)35(26-36-51(41,28-63-36)67-30(3)54)69-71(10,11)32-22-17-14-18-23-32;/h14-26,31,35,37-38,40-42,44,61H,13,27-29H2,1-12H3,(H,54,59);13-25,33,35-36,38-41,43,55,61H,12,26-28H2,1-11H3,(H,53,59);1H/t31-,35+,37+,38-,40-,41-,42?,44+,51-,52+,53-;33-,35-,36+,38-,39+,40+,41?,43-,50+,51-,52+;/m10./s1. The first kappa shape index (κ1) is 111. The highest BCUT2D eigenvalue weighted by molar-refractivity contribution is 7.10. The normalized spacial score (nSPS) is 29.6. The fourth-order valence-electron chi connectivity index (χ4n) is 22.3. The van der Waals surface area contributed by atoms with Gasteiger partial charge in [0.15, 0.2) is 41.1 Å². The second-order valence-corrected chi connectivity index (χ2v) is 51.8. The van der Waals surface area contributed by atoms with Crippen molar-refractivity contribution >= 4 is 122 Å². The highest BCUT2D eigenvalue weighted by Gasteiger charge is 2.82.